The molecule has 2 nitrogen and oxygen atoms in total. The second-order valence-corrected chi connectivity index (χ2v) is 5.84. The third-order valence-electron chi connectivity index (χ3n) is 3.75. The summed E-state index contributed by atoms with van der Waals surface area (Å²) in [5.41, 5.74) is 0.364. The molecule has 0 aliphatic heterocycles. The van der Waals surface area contributed by atoms with Gasteiger partial charge in [0, 0.05) is 11.3 Å². The summed E-state index contributed by atoms with van der Waals surface area (Å²) in [6.45, 7) is 1.79. The molecule has 0 bridgehead atoms. The first-order valence-corrected chi connectivity index (χ1v) is 8.07. The van der Waals surface area contributed by atoms with Crippen molar-refractivity contribution in [2.24, 2.45) is 4.99 Å². The van der Waals surface area contributed by atoms with E-state index in [-0.39, 0.29) is 17.1 Å². The molecule has 0 atom stereocenters. The van der Waals surface area contributed by atoms with E-state index in [1.165, 1.54) is 18.3 Å². The number of benzene rings is 2. The molecule has 138 valence electrons. The lowest BCUT2D eigenvalue weighted by molar-refractivity contribution is -0.137. The molecule has 3 aromatic rings. The van der Waals surface area contributed by atoms with Crippen LogP contribution in [0.4, 0.5) is 17.6 Å². The minimum Gasteiger partial charge on any atom is -0.455 e. The van der Waals surface area contributed by atoms with Crippen molar-refractivity contribution in [1.82, 2.24) is 0 Å². The minimum atomic E-state index is -4.61. The fourth-order valence-corrected chi connectivity index (χ4v) is 2.53. The molecular weight excluding hydrogens is 358 g/mol. The van der Waals surface area contributed by atoms with Gasteiger partial charge in [-0.1, -0.05) is 30.3 Å². The largest absolute Gasteiger partial charge is 0.455 e. The van der Waals surface area contributed by atoms with E-state index in [1.54, 1.807) is 6.92 Å². The monoisotopic (exact) mass is 373 g/mol. The van der Waals surface area contributed by atoms with Gasteiger partial charge >= 0.3 is 6.18 Å². The molecule has 0 saturated carbocycles. The zero-order valence-electron chi connectivity index (χ0n) is 14.3. The van der Waals surface area contributed by atoms with Crippen LogP contribution in [0.3, 0.4) is 0 Å². The molecule has 0 aliphatic carbocycles. The van der Waals surface area contributed by atoms with Gasteiger partial charge in [0.1, 0.15) is 17.3 Å². The highest BCUT2D eigenvalue weighted by atomic mass is 19.4. The third kappa shape index (κ3) is 4.73. The Labute approximate surface area is 153 Å². The molecule has 0 fully saturated rings. The molecule has 6 heteroatoms. The predicted molar refractivity (Wildman–Crippen MR) is 96.8 cm³/mol. The number of hydrogen-bond acceptors (Lipinski definition) is 2. The van der Waals surface area contributed by atoms with E-state index < -0.39 is 17.6 Å². The van der Waals surface area contributed by atoms with Gasteiger partial charge in [0.15, 0.2) is 0 Å². The summed E-state index contributed by atoms with van der Waals surface area (Å²) in [6.07, 6.45) is -1.35. The van der Waals surface area contributed by atoms with Crippen LogP contribution in [-0.2, 0) is 6.18 Å². The number of nitrogens with zero attached hydrogens (tertiary/aromatic N) is 1. The van der Waals surface area contributed by atoms with Crippen LogP contribution < -0.4 is 0 Å². The number of allylic oxidation sites excluding steroid dienone is 1. The van der Waals surface area contributed by atoms with E-state index in [4.69, 9.17) is 4.42 Å². The summed E-state index contributed by atoms with van der Waals surface area (Å²) in [4.78, 5) is 4.23. The molecular formula is C21H15F4NO. The minimum absolute atomic E-state index is 0.0760. The van der Waals surface area contributed by atoms with E-state index in [2.05, 4.69) is 4.99 Å². The number of aliphatic imine (C=N–C) groups is 1. The number of halogens is 4. The summed E-state index contributed by atoms with van der Waals surface area (Å²) in [6, 6.07) is 14.7. The number of furan rings is 1. The average molecular weight is 373 g/mol. The molecule has 0 radical (unpaired) electrons. The molecule has 0 unspecified atom stereocenters. The number of hydrogen-bond donors (Lipinski definition) is 0. The maximum atomic E-state index is 13.4. The zero-order chi connectivity index (χ0) is 19.4. The second kappa shape index (κ2) is 7.61. The van der Waals surface area contributed by atoms with E-state index in [1.807, 2.05) is 36.4 Å². The molecule has 2 aromatic carbocycles. The highest BCUT2D eigenvalue weighted by Crippen LogP contribution is 2.37. The van der Waals surface area contributed by atoms with Gasteiger partial charge in [0.25, 0.3) is 0 Å². The molecule has 0 spiro atoms. The Bertz CT molecular complexity index is 985. The van der Waals surface area contributed by atoms with Gasteiger partial charge in [-0.25, -0.2) is 4.39 Å². The maximum absolute atomic E-state index is 13.4. The Kier molecular flexibility index (Phi) is 5.26. The Balaban J connectivity index is 1.86. The van der Waals surface area contributed by atoms with Crippen molar-refractivity contribution in [3.63, 3.8) is 0 Å². The predicted octanol–water partition coefficient (Wildman–Crippen LogP) is 6.58. The second-order valence-electron chi connectivity index (χ2n) is 5.84. The van der Waals surface area contributed by atoms with E-state index >= 15 is 0 Å². The van der Waals surface area contributed by atoms with Gasteiger partial charge in [-0.15, -0.1) is 0 Å². The molecule has 0 aliphatic rings. The molecule has 1 aromatic heterocycles. The van der Waals surface area contributed by atoms with Crippen LogP contribution in [0.2, 0.25) is 0 Å². The van der Waals surface area contributed by atoms with Crippen molar-refractivity contribution in [3.05, 3.63) is 89.1 Å². The lowest BCUT2D eigenvalue weighted by atomic mass is 10.0. The normalized spacial score (nSPS) is 12.7. The van der Waals surface area contributed by atoms with Crippen molar-refractivity contribution in [2.75, 3.05) is 0 Å². The first-order valence-electron chi connectivity index (χ1n) is 8.07. The Morgan fingerprint density at radius 1 is 1.00 bits per heavy atom. The summed E-state index contributed by atoms with van der Waals surface area (Å²) in [5, 5.41) is 0. The van der Waals surface area contributed by atoms with Crippen LogP contribution in [0.5, 0.6) is 0 Å². The summed E-state index contributed by atoms with van der Waals surface area (Å²) in [7, 11) is 0. The number of alkyl halides is 3. The first kappa shape index (κ1) is 18.6. The number of rotatable bonds is 4. The highest BCUT2D eigenvalue weighted by Gasteiger charge is 2.34. The highest BCUT2D eigenvalue weighted by molar-refractivity contribution is 5.79. The fraction of sp³-hybridized carbons (Fsp3) is 0.0952. The summed E-state index contributed by atoms with van der Waals surface area (Å²) >= 11 is 0. The van der Waals surface area contributed by atoms with Crippen molar-refractivity contribution < 1.29 is 22.0 Å². The molecule has 0 saturated heterocycles. The molecule has 3 rings (SSSR count). The zero-order valence-corrected chi connectivity index (χ0v) is 14.3. The lowest BCUT2D eigenvalue weighted by Crippen LogP contribution is -2.07. The van der Waals surface area contributed by atoms with E-state index in [9.17, 15) is 17.6 Å². The van der Waals surface area contributed by atoms with Crippen LogP contribution in [0, 0.1) is 5.82 Å². The fourth-order valence-electron chi connectivity index (χ4n) is 2.53. The standard InChI is InChI=1S/C21H15F4NO/c1-14(11-15-5-3-2-4-6-15)26-13-17-8-10-20(27-17)18-12-16(22)7-9-19(18)21(23,24)25/h2-13H,1H3/b14-11+,26-13+. The first-order chi connectivity index (χ1) is 12.8. The smallest absolute Gasteiger partial charge is 0.417 e. The van der Waals surface area contributed by atoms with Crippen LogP contribution in [-0.4, -0.2) is 6.21 Å². The van der Waals surface area contributed by atoms with Crippen LogP contribution in [0.1, 0.15) is 23.8 Å². The van der Waals surface area contributed by atoms with Gasteiger partial charge < -0.3 is 4.42 Å². The topological polar surface area (TPSA) is 25.5 Å². The van der Waals surface area contributed by atoms with Gasteiger partial charge in [-0.3, -0.25) is 4.99 Å². The van der Waals surface area contributed by atoms with Gasteiger partial charge in [-0.2, -0.15) is 13.2 Å². The Morgan fingerprint density at radius 2 is 1.74 bits per heavy atom. The summed E-state index contributed by atoms with van der Waals surface area (Å²) in [5.74, 6) is -0.581. The summed E-state index contributed by atoms with van der Waals surface area (Å²) < 4.78 is 58.3. The third-order valence-corrected chi connectivity index (χ3v) is 3.75. The van der Waals surface area contributed by atoms with E-state index in [0.717, 1.165) is 17.7 Å². The van der Waals surface area contributed by atoms with Crippen LogP contribution in [0.15, 0.2) is 75.8 Å². The van der Waals surface area contributed by atoms with Crippen molar-refractivity contribution in [2.45, 2.75) is 13.1 Å². The van der Waals surface area contributed by atoms with Crippen LogP contribution in [0.25, 0.3) is 17.4 Å². The van der Waals surface area contributed by atoms with Crippen molar-refractivity contribution in [3.8, 4) is 11.3 Å². The lowest BCUT2D eigenvalue weighted by Gasteiger charge is -2.11. The van der Waals surface area contributed by atoms with Crippen LogP contribution >= 0.6 is 0 Å². The van der Waals surface area contributed by atoms with Gasteiger partial charge in [0.2, 0.25) is 0 Å². The van der Waals surface area contributed by atoms with E-state index in [0.29, 0.717) is 11.8 Å². The van der Waals surface area contributed by atoms with Crippen molar-refractivity contribution >= 4 is 12.3 Å². The van der Waals surface area contributed by atoms with Crippen molar-refractivity contribution in [1.29, 1.82) is 0 Å². The Morgan fingerprint density at radius 3 is 2.44 bits per heavy atom. The average Bonchev–Trinajstić information content (AvgIpc) is 3.09. The maximum Gasteiger partial charge on any atom is 0.417 e. The molecule has 27 heavy (non-hydrogen) atoms. The SMILES string of the molecule is CC(=C\c1ccccc1)/N=C/c1ccc(-c2cc(F)ccc2C(F)(F)F)o1. The quantitative estimate of drug-likeness (QED) is 0.374. The Hall–Kier alpha value is -3.15. The van der Waals surface area contributed by atoms with Gasteiger partial charge in [0.05, 0.1) is 11.8 Å². The molecule has 1 heterocycles. The molecule has 0 amide bonds. The molecule has 0 N–H and O–H groups in total. The van der Waals surface area contributed by atoms with Gasteiger partial charge in [-0.05, 0) is 48.9 Å².